The molecule has 3 nitrogen and oxygen atoms in total. The van der Waals surface area contributed by atoms with Crippen LogP contribution in [0, 0.1) is 11.8 Å². The molecule has 1 aliphatic carbocycles. The molecule has 3 atom stereocenters. The zero-order valence-electron chi connectivity index (χ0n) is 12.2. The number of anilines is 1. The molecule has 2 N–H and O–H groups in total. The van der Waals surface area contributed by atoms with Crippen LogP contribution in [0.3, 0.4) is 0 Å². The Bertz CT molecular complexity index is 486. The maximum absolute atomic E-state index is 12.1. The third kappa shape index (κ3) is 2.67. The van der Waals surface area contributed by atoms with Crippen LogP contribution < -0.4 is 10.6 Å². The van der Waals surface area contributed by atoms with Crippen LogP contribution in [0.1, 0.15) is 44.1 Å². The highest BCUT2D eigenvalue weighted by Crippen LogP contribution is 2.33. The van der Waals surface area contributed by atoms with Crippen LogP contribution >= 0.6 is 0 Å². The fourth-order valence-electron chi connectivity index (χ4n) is 3.65. The third-order valence-corrected chi connectivity index (χ3v) is 4.93. The number of hydrogen-bond acceptors (Lipinski definition) is 2. The van der Waals surface area contributed by atoms with E-state index in [0.717, 1.165) is 25.9 Å². The van der Waals surface area contributed by atoms with Crippen molar-refractivity contribution in [1.29, 1.82) is 0 Å². The summed E-state index contributed by atoms with van der Waals surface area (Å²) in [6, 6.07) is 8.49. The minimum atomic E-state index is 0.254. The summed E-state index contributed by atoms with van der Waals surface area (Å²) in [4.78, 5) is 12.1. The molecule has 1 aromatic rings. The van der Waals surface area contributed by atoms with E-state index in [1.165, 1.54) is 24.1 Å². The smallest absolute Gasteiger partial charge is 0.223 e. The minimum Gasteiger partial charge on any atom is -0.384 e. The molecule has 1 aliphatic heterocycles. The lowest BCUT2D eigenvalue weighted by atomic mass is 9.96. The number of carbonyl (C=O) groups is 1. The molecular weight excluding hydrogens is 248 g/mol. The maximum atomic E-state index is 12.1. The summed E-state index contributed by atoms with van der Waals surface area (Å²) in [6.07, 6.45) is 4.51. The molecule has 3 heteroatoms. The van der Waals surface area contributed by atoms with Gasteiger partial charge in [0, 0.05) is 30.6 Å². The van der Waals surface area contributed by atoms with Gasteiger partial charge in [-0.15, -0.1) is 0 Å². The Morgan fingerprint density at radius 3 is 3.00 bits per heavy atom. The molecule has 1 saturated carbocycles. The van der Waals surface area contributed by atoms with Gasteiger partial charge in [0.2, 0.25) is 5.91 Å². The number of fused-ring (bicyclic) bond motifs is 1. The first kappa shape index (κ1) is 13.5. The fourth-order valence-corrected chi connectivity index (χ4v) is 3.65. The summed E-state index contributed by atoms with van der Waals surface area (Å²) < 4.78 is 0. The zero-order chi connectivity index (χ0) is 13.9. The van der Waals surface area contributed by atoms with Crippen LogP contribution in [0.25, 0.3) is 0 Å². The molecule has 0 bridgehead atoms. The first-order chi connectivity index (χ1) is 9.75. The van der Waals surface area contributed by atoms with Crippen molar-refractivity contribution in [2.75, 3.05) is 18.4 Å². The molecule has 0 radical (unpaired) electrons. The van der Waals surface area contributed by atoms with Crippen molar-refractivity contribution >= 4 is 11.6 Å². The average Bonchev–Trinajstić information content (AvgIpc) is 3.05. The second-order valence-electron chi connectivity index (χ2n) is 6.26. The van der Waals surface area contributed by atoms with Crippen LogP contribution in [0.2, 0.25) is 0 Å². The summed E-state index contributed by atoms with van der Waals surface area (Å²) in [5, 5.41) is 6.58. The highest BCUT2D eigenvalue weighted by atomic mass is 16.1. The van der Waals surface area contributed by atoms with E-state index in [9.17, 15) is 4.79 Å². The standard InChI is InChI=1S/C17H24N2O/c1-12-5-4-7-14(12)17(20)18-10-9-13-11-19-16-8-3-2-6-15(13)16/h2-3,6,8,12-14,19H,4-5,7,9-11H2,1H3,(H,18,20). The molecule has 108 valence electrons. The Kier molecular flexibility index (Phi) is 3.95. The van der Waals surface area contributed by atoms with Gasteiger partial charge in [0.15, 0.2) is 0 Å². The largest absolute Gasteiger partial charge is 0.384 e. The molecular formula is C17H24N2O. The van der Waals surface area contributed by atoms with E-state index in [0.29, 0.717) is 11.8 Å². The van der Waals surface area contributed by atoms with Gasteiger partial charge in [-0.1, -0.05) is 31.5 Å². The SMILES string of the molecule is CC1CCCC1C(=O)NCCC1CNc2ccccc21. The van der Waals surface area contributed by atoms with Gasteiger partial charge < -0.3 is 10.6 Å². The Labute approximate surface area is 121 Å². The highest BCUT2D eigenvalue weighted by Gasteiger charge is 2.29. The normalized spacial score (nSPS) is 27.9. The fraction of sp³-hybridized carbons (Fsp3) is 0.588. The number of carbonyl (C=O) groups excluding carboxylic acids is 1. The Morgan fingerprint density at radius 1 is 1.35 bits per heavy atom. The molecule has 0 saturated heterocycles. The molecule has 1 fully saturated rings. The quantitative estimate of drug-likeness (QED) is 0.884. The Balaban J connectivity index is 1.48. The van der Waals surface area contributed by atoms with Crippen molar-refractivity contribution in [3.8, 4) is 0 Å². The van der Waals surface area contributed by atoms with Gasteiger partial charge in [-0.2, -0.15) is 0 Å². The number of hydrogen-bond donors (Lipinski definition) is 2. The molecule has 1 amide bonds. The molecule has 1 heterocycles. The Hall–Kier alpha value is -1.51. The van der Waals surface area contributed by atoms with Gasteiger partial charge in [-0.25, -0.2) is 0 Å². The molecule has 1 aromatic carbocycles. The van der Waals surface area contributed by atoms with E-state index in [4.69, 9.17) is 0 Å². The molecule has 0 aromatic heterocycles. The second-order valence-corrected chi connectivity index (χ2v) is 6.26. The monoisotopic (exact) mass is 272 g/mol. The van der Waals surface area contributed by atoms with E-state index in [2.05, 4.69) is 41.8 Å². The zero-order valence-corrected chi connectivity index (χ0v) is 12.2. The first-order valence-corrected chi connectivity index (χ1v) is 7.86. The lowest BCUT2D eigenvalue weighted by molar-refractivity contribution is -0.125. The van der Waals surface area contributed by atoms with Crippen LogP contribution in [0.15, 0.2) is 24.3 Å². The van der Waals surface area contributed by atoms with E-state index in [1.807, 2.05) is 0 Å². The third-order valence-electron chi connectivity index (χ3n) is 4.93. The molecule has 2 aliphatic rings. The number of benzene rings is 1. The predicted octanol–water partition coefficient (Wildman–Crippen LogP) is 3.14. The van der Waals surface area contributed by atoms with Crippen molar-refractivity contribution in [3.63, 3.8) is 0 Å². The van der Waals surface area contributed by atoms with E-state index < -0.39 is 0 Å². The van der Waals surface area contributed by atoms with Gasteiger partial charge in [0.05, 0.1) is 0 Å². The number of para-hydroxylation sites is 1. The van der Waals surface area contributed by atoms with Crippen molar-refractivity contribution in [2.24, 2.45) is 11.8 Å². The topological polar surface area (TPSA) is 41.1 Å². The molecule has 0 spiro atoms. The number of nitrogens with one attached hydrogen (secondary N) is 2. The van der Waals surface area contributed by atoms with E-state index in [1.54, 1.807) is 0 Å². The predicted molar refractivity (Wildman–Crippen MR) is 81.8 cm³/mol. The van der Waals surface area contributed by atoms with Gasteiger partial charge in [-0.05, 0) is 36.8 Å². The number of amides is 1. The van der Waals surface area contributed by atoms with Crippen molar-refractivity contribution in [3.05, 3.63) is 29.8 Å². The summed E-state index contributed by atoms with van der Waals surface area (Å²) in [5.41, 5.74) is 2.66. The molecule has 20 heavy (non-hydrogen) atoms. The van der Waals surface area contributed by atoms with Crippen LogP contribution in [-0.4, -0.2) is 19.0 Å². The van der Waals surface area contributed by atoms with Crippen LogP contribution in [0.5, 0.6) is 0 Å². The average molecular weight is 272 g/mol. The lowest BCUT2D eigenvalue weighted by Crippen LogP contribution is -2.33. The van der Waals surface area contributed by atoms with Gasteiger partial charge >= 0.3 is 0 Å². The van der Waals surface area contributed by atoms with Crippen molar-refractivity contribution < 1.29 is 4.79 Å². The van der Waals surface area contributed by atoms with Gasteiger partial charge in [0.1, 0.15) is 0 Å². The van der Waals surface area contributed by atoms with Crippen molar-refractivity contribution in [2.45, 2.75) is 38.5 Å². The van der Waals surface area contributed by atoms with Crippen molar-refractivity contribution in [1.82, 2.24) is 5.32 Å². The van der Waals surface area contributed by atoms with E-state index in [-0.39, 0.29) is 11.8 Å². The summed E-state index contributed by atoms with van der Waals surface area (Å²) in [7, 11) is 0. The van der Waals surface area contributed by atoms with Gasteiger partial charge in [0.25, 0.3) is 0 Å². The first-order valence-electron chi connectivity index (χ1n) is 7.86. The highest BCUT2D eigenvalue weighted by molar-refractivity contribution is 5.79. The summed E-state index contributed by atoms with van der Waals surface area (Å²) >= 11 is 0. The lowest BCUT2D eigenvalue weighted by Gasteiger charge is -2.16. The second kappa shape index (κ2) is 5.86. The minimum absolute atomic E-state index is 0.254. The number of rotatable bonds is 4. The van der Waals surface area contributed by atoms with Crippen LogP contribution in [-0.2, 0) is 4.79 Å². The Morgan fingerprint density at radius 2 is 2.20 bits per heavy atom. The molecule has 3 unspecified atom stereocenters. The van der Waals surface area contributed by atoms with Gasteiger partial charge in [-0.3, -0.25) is 4.79 Å². The summed E-state index contributed by atoms with van der Waals surface area (Å²) in [5.74, 6) is 1.62. The van der Waals surface area contributed by atoms with E-state index >= 15 is 0 Å². The molecule has 3 rings (SSSR count). The maximum Gasteiger partial charge on any atom is 0.223 e. The van der Waals surface area contributed by atoms with Crippen LogP contribution in [0.4, 0.5) is 5.69 Å². The summed E-state index contributed by atoms with van der Waals surface area (Å²) in [6.45, 7) is 3.99.